The van der Waals surface area contributed by atoms with Gasteiger partial charge in [-0.2, -0.15) is 0 Å². The fourth-order valence-corrected chi connectivity index (χ4v) is 2.80. The number of hydrogen-bond acceptors (Lipinski definition) is 4. The molecule has 1 fully saturated rings. The summed E-state index contributed by atoms with van der Waals surface area (Å²) in [5.74, 6) is -0.0419. The molecule has 1 heterocycles. The number of carbonyl (C=O) groups is 1. The molecule has 18 heavy (non-hydrogen) atoms. The molecule has 1 aliphatic rings. The highest BCUT2D eigenvalue weighted by Crippen LogP contribution is 2.19. The third kappa shape index (κ3) is 4.25. The van der Waals surface area contributed by atoms with Gasteiger partial charge < -0.3 is 10.1 Å². The van der Waals surface area contributed by atoms with Gasteiger partial charge in [0.2, 0.25) is 0 Å². The van der Waals surface area contributed by atoms with Crippen molar-refractivity contribution in [2.45, 2.75) is 58.5 Å². The Balaban J connectivity index is 2.68. The second kappa shape index (κ2) is 8.48. The number of carbonyl (C=O) groups excluding carboxylic acids is 1. The second-order valence-electron chi connectivity index (χ2n) is 4.87. The van der Waals surface area contributed by atoms with E-state index in [1.165, 1.54) is 0 Å². The van der Waals surface area contributed by atoms with Crippen LogP contribution in [0.4, 0.5) is 0 Å². The van der Waals surface area contributed by atoms with E-state index in [1.54, 1.807) is 0 Å². The minimum absolute atomic E-state index is 0.0419. The van der Waals surface area contributed by atoms with Gasteiger partial charge in [0.15, 0.2) is 0 Å². The highest BCUT2D eigenvalue weighted by atomic mass is 16.5. The Morgan fingerprint density at radius 3 is 2.50 bits per heavy atom. The second-order valence-corrected chi connectivity index (χ2v) is 4.87. The average molecular weight is 256 g/mol. The van der Waals surface area contributed by atoms with E-state index >= 15 is 0 Å². The van der Waals surface area contributed by atoms with E-state index in [0.29, 0.717) is 12.6 Å². The smallest absolute Gasteiger partial charge is 0.323 e. The van der Waals surface area contributed by atoms with Crippen LogP contribution in [0.5, 0.6) is 0 Å². The van der Waals surface area contributed by atoms with Gasteiger partial charge in [0.25, 0.3) is 0 Å². The third-order valence-corrected chi connectivity index (χ3v) is 3.66. The van der Waals surface area contributed by atoms with Gasteiger partial charge in [0.1, 0.15) is 6.04 Å². The van der Waals surface area contributed by atoms with Gasteiger partial charge in [-0.1, -0.05) is 20.3 Å². The highest BCUT2D eigenvalue weighted by Gasteiger charge is 2.31. The Bertz CT molecular complexity index is 240. The lowest BCUT2D eigenvalue weighted by Gasteiger charge is -2.38. The van der Waals surface area contributed by atoms with Gasteiger partial charge in [0.05, 0.1) is 6.61 Å². The van der Waals surface area contributed by atoms with E-state index in [2.05, 4.69) is 24.1 Å². The van der Waals surface area contributed by atoms with Crippen LogP contribution >= 0.6 is 0 Å². The molecule has 1 saturated heterocycles. The summed E-state index contributed by atoms with van der Waals surface area (Å²) in [7, 11) is 0. The number of esters is 1. The van der Waals surface area contributed by atoms with Gasteiger partial charge in [-0.25, -0.2) is 0 Å². The van der Waals surface area contributed by atoms with Crippen molar-refractivity contribution < 1.29 is 9.53 Å². The SMILES string of the molecule is CCCC(C(=O)OCC)N(CC)C1CCNCC1. The van der Waals surface area contributed by atoms with Crippen molar-refractivity contribution >= 4 is 5.97 Å². The molecule has 4 heteroatoms. The first-order valence-corrected chi connectivity index (χ1v) is 7.37. The molecule has 1 atom stereocenters. The summed E-state index contributed by atoms with van der Waals surface area (Å²) in [6, 6.07) is 0.472. The molecule has 106 valence electrons. The lowest BCUT2D eigenvalue weighted by Crippen LogP contribution is -2.51. The molecular formula is C14H28N2O2. The summed E-state index contributed by atoms with van der Waals surface area (Å²) in [5, 5.41) is 3.38. The van der Waals surface area contributed by atoms with Crippen molar-refractivity contribution in [1.82, 2.24) is 10.2 Å². The molecular weight excluding hydrogens is 228 g/mol. The summed E-state index contributed by atoms with van der Waals surface area (Å²) in [4.78, 5) is 14.4. The van der Waals surface area contributed by atoms with Crippen molar-refractivity contribution in [1.29, 1.82) is 0 Å². The molecule has 0 spiro atoms. The summed E-state index contributed by atoms with van der Waals surface area (Å²) in [6.45, 7) is 9.66. The normalized spacial score (nSPS) is 18.9. The largest absolute Gasteiger partial charge is 0.465 e. The minimum atomic E-state index is -0.0527. The number of nitrogens with one attached hydrogen (secondary N) is 1. The van der Waals surface area contributed by atoms with Crippen molar-refractivity contribution in [3.63, 3.8) is 0 Å². The third-order valence-electron chi connectivity index (χ3n) is 3.66. The zero-order chi connectivity index (χ0) is 13.4. The summed E-state index contributed by atoms with van der Waals surface area (Å²) in [6.07, 6.45) is 4.18. The molecule has 1 unspecified atom stereocenters. The number of nitrogens with zero attached hydrogens (tertiary/aromatic N) is 1. The van der Waals surface area contributed by atoms with Crippen LogP contribution in [0.2, 0.25) is 0 Å². The van der Waals surface area contributed by atoms with Gasteiger partial charge in [-0.15, -0.1) is 0 Å². The van der Waals surface area contributed by atoms with E-state index in [0.717, 1.165) is 45.3 Å². The lowest BCUT2D eigenvalue weighted by atomic mass is 10.0. The fourth-order valence-electron chi connectivity index (χ4n) is 2.80. The number of rotatable bonds is 7. The topological polar surface area (TPSA) is 41.6 Å². The van der Waals surface area contributed by atoms with Crippen molar-refractivity contribution in [2.75, 3.05) is 26.2 Å². The maximum absolute atomic E-state index is 12.1. The Kier molecular flexibility index (Phi) is 7.28. The first kappa shape index (κ1) is 15.4. The molecule has 0 amide bonds. The lowest BCUT2D eigenvalue weighted by molar-refractivity contribution is -0.151. The fraction of sp³-hybridized carbons (Fsp3) is 0.929. The molecule has 1 rings (SSSR count). The minimum Gasteiger partial charge on any atom is -0.465 e. The van der Waals surface area contributed by atoms with E-state index < -0.39 is 0 Å². The number of piperidine rings is 1. The predicted octanol–water partition coefficient (Wildman–Crippen LogP) is 1.79. The van der Waals surface area contributed by atoms with Gasteiger partial charge in [0, 0.05) is 6.04 Å². The number of hydrogen-bond donors (Lipinski definition) is 1. The Labute approximate surface area is 111 Å². The van der Waals surface area contributed by atoms with Crippen LogP contribution in [0.15, 0.2) is 0 Å². The Hall–Kier alpha value is -0.610. The predicted molar refractivity (Wildman–Crippen MR) is 73.6 cm³/mol. The van der Waals surface area contributed by atoms with Crippen molar-refractivity contribution in [3.8, 4) is 0 Å². The first-order chi connectivity index (χ1) is 8.74. The molecule has 1 aliphatic heterocycles. The maximum atomic E-state index is 12.1. The van der Waals surface area contributed by atoms with Crippen LogP contribution in [0, 0.1) is 0 Å². The van der Waals surface area contributed by atoms with Crippen LogP contribution in [-0.2, 0) is 9.53 Å². The Morgan fingerprint density at radius 2 is 2.00 bits per heavy atom. The number of ether oxygens (including phenoxy) is 1. The molecule has 0 saturated carbocycles. The molecule has 0 aromatic rings. The van der Waals surface area contributed by atoms with Crippen molar-refractivity contribution in [2.24, 2.45) is 0 Å². The first-order valence-electron chi connectivity index (χ1n) is 7.37. The molecule has 0 aromatic heterocycles. The molecule has 4 nitrogen and oxygen atoms in total. The van der Waals surface area contributed by atoms with Crippen LogP contribution in [-0.4, -0.2) is 49.2 Å². The van der Waals surface area contributed by atoms with E-state index in [-0.39, 0.29) is 12.0 Å². The summed E-state index contributed by atoms with van der Waals surface area (Å²) in [5.41, 5.74) is 0. The van der Waals surface area contributed by atoms with Crippen LogP contribution < -0.4 is 5.32 Å². The maximum Gasteiger partial charge on any atom is 0.323 e. The van der Waals surface area contributed by atoms with E-state index in [9.17, 15) is 4.79 Å². The Morgan fingerprint density at radius 1 is 1.33 bits per heavy atom. The van der Waals surface area contributed by atoms with Crippen LogP contribution in [0.25, 0.3) is 0 Å². The molecule has 0 radical (unpaired) electrons. The van der Waals surface area contributed by atoms with Gasteiger partial charge in [-0.3, -0.25) is 9.69 Å². The van der Waals surface area contributed by atoms with Gasteiger partial charge >= 0.3 is 5.97 Å². The zero-order valence-corrected chi connectivity index (χ0v) is 12.1. The molecule has 1 N–H and O–H groups in total. The van der Waals surface area contributed by atoms with Crippen LogP contribution in [0.1, 0.15) is 46.5 Å². The summed E-state index contributed by atoms with van der Waals surface area (Å²) < 4.78 is 5.23. The standard InChI is InChI=1S/C14H28N2O2/c1-4-7-13(14(17)18-6-3)16(5-2)12-8-10-15-11-9-12/h12-13,15H,4-11H2,1-3H3. The molecule has 0 aromatic carbocycles. The quantitative estimate of drug-likeness (QED) is 0.705. The molecule has 0 bridgehead atoms. The van der Waals surface area contributed by atoms with Crippen molar-refractivity contribution in [3.05, 3.63) is 0 Å². The average Bonchev–Trinajstić information content (AvgIpc) is 2.40. The van der Waals surface area contributed by atoms with Crippen LogP contribution in [0.3, 0.4) is 0 Å². The summed E-state index contributed by atoms with van der Waals surface area (Å²) >= 11 is 0. The van der Waals surface area contributed by atoms with E-state index in [4.69, 9.17) is 4.74 Å². The molecule has 0 aliphatic carbocycles. The zero-order valence-electron chi connectivity index (χ0n) is 12.1. The number of likely N-dealkylation sites (N-methyl/N-ethyl adjacent to an activating group) is 1. The van der Waals surface area contributed by atoms with Gasteiger partial charge in [-0.05, 0) is 45.8 Å². The van der Waals surface area contributed by atoms with E-state index in [1.807, 2.05) is 6.92 Å². The monoisotopic (exact) mass is 256 g/mol. The highest BCUT2D eigenvalue weighted by molar-refractivity contribution is 5.75.